The Labute approximate surface area is 152 Å². The molecule has 134 valence electrons. The normalized spacial score (nSPS) is 18.8. The smallest absolute Gasteiger partial charge is 0.254 e. The van der Waals surface area contributed by atoms with Gasteiger partial charge in [0.25, 0.3) is 5.91 Å². The Morgan fingerprint density at radius 1 is 1.32 bits per heavy atom. The SMILES string of the molecule is CCOc1cccc(C(=O)N(Cc2cccs2)[C@@H]2CCS(=O)(=O)C2)c1. The van der Waals surface area contributed by atoms with Crippen molar-refractivity contribution in [1.29, 1.82) is 0 Å². The van der Waals surface area contributed by atoms with E-state index in [0.29, 0.717) is 30.9 Å². The van der Waals surface area contributed by atoms with Crippen molar-refractivity contribution in [1.82, 2.24) is 4.90 Å². The number of carbonyl (C=O) groups is 1. The number of benzene rings is 1. The van der Waals surface area contributed by atoms with Gasteiger partial charge in [-0.15, -0.1) is 11.3 Å². The van der Waals surface area contributed by atoms with Crippen molar-refractivity contribution < 1.29 is 17.9 Å². The first kappa shape index (κ1) is 17.9. The summed E-state index contributed by atoms with van der Waals surface area (Å²) in [6.45, 7) is 2.84. The van der Waals surface area contributed by atoms with Crippen LogP contribution in [0.3, 0.4) is 0 Å². The molecule has 1 aliphatic rings. The lowest BCUT2D eigenvalue weighted by Gasteiger charge is -2.28. The van der Waals surface area contributed by atoms with Gasteiger partial charge in [0.2, 0.25) is 0 Å². The average molecular weight is 380 g/mol. The zero-order valence-electron chi connectivity index (χ0n) is 14.1. The molecule has 0 saturated carbocycles. The first-order valence-corrected chi connectivity index (χ1v) is 11.0. The number of carbonyl (C=O) groups excluding carboxylic acids is 1. The van der Waals surface area contributed by atoms with Gasteiger partial charge < -0.3 is 9.64 Å². The van der Waals surface area contributed by atoms with Gasteiger partial charge in [0.15, 0.2) is 9.84 Å². The number of thiophene rings is 1. The molecule has 25 heavy (non-hydrogen) atoms. The molecule has 7 heteroatoms. The Morgan fingerprint density at radius 3 is 2.80 bits per heavy atom. The Morgan fingerprint density at radius 2 is 2.16 bits per heavy atom. The van der Waals surface area contributed by atoms with E-state index < -0.39 is 9.84 Å². The molecule has 1 amide bonds. The van der Waals surface area contributed by atoms with Crippen LogP contribution in [-0.2, 0) is 16.4 Å². The molecule has 1 saturated heterocycles. The second-order valence-corrected chi connectivity index (χ2v) is 9.29. The molecule has 0 aliphatic carbocycles. The van der Waals surface area contributed by atoms with Crippen LogP contribution in [0.25, 0.3) is 0 Å². The molecule has 2 heterocycles. The maximum absolute atomic E-state index is 13.1. The third-order valence-electron chi connectivity index (χ3n) is 4.21. The predicted molar refractivity (Wildman–Crippen MR) is 98.9 cm³/mol. The lowest BCUT2D eigenvalue weighted by molar-refractivity contribution is 0.0682. The van der Waals surface area contributed by atoms with E-state index in [-0.39, 0.29) is 23.5 Å². The van der Waals surface area contributed by atoms with E-state index in [9.17, 15) is 13.2 Å². The number of hydrogen-bond acceptors (Lipinski definition) is 5. The molecule has 0 bridgehead atoms. The van der Waals surface area contributed by atoms with Gasteiger partial charge in [-0.05, 0) is 43.0 Å². The number of hydrogen-bond donors (Lipinski definition) is 0. The Kier molecular flexibility index (Phi) is 5.44. The lowest BCUT2D eigenvalue weighted by Crippen LogP contribution is -2.40. The highest BCUT2D eigenvalue weighted by Gasteiger charge is 2.35. The fraction of sp³-hybridized carbons (Fsp3) is 0.389. The largest absolute Gasteiger partial charge is 0.494 e. The van der Waals surface area contributed by atoms with E-state index in [1.54, 1.807) is 34.4 Å². The van der Waals surface area contributed by atoms with Gasteiger partial charge in [-0.2, -0.15) is 0 Å². The Hall–Kier alpha value is -1.86. The summed E-state index contributed by atoms with van der Waals surface area (Å²) in [6.07, 6.45) is 0.491. The summed E-state index contributed by atoms with van der Waals surface area (Å²) in [7, 11) is -3.07. The van der Waals surface area contributed by atoms with Crippen LogP contribution in [0.4, 0.5) is 0 Å². The standard InChI is InChI=1S/C18H21NO4S2/c1-2-23-16-6-3-5-14(11-16)18(20)19(12-17-7-4-9-24-17)15-8-10-25(21,22)13-15/h3-7,9,11,15H,2,8,10,12-13H2,1H3/t15-/m1/s1. The molecule has 0 N–H and O–H groups in total. The van der Waals surface area contributed by atoms with Gasteiger partial charge in [0.1, 0.15) is 5.75 Å². The summed E-state index contributed by atoms with van der Waals surface area (Å²) in [5.74, 6) is 0.667. The van der Waals surface area contributed by atoms with Crippen LogP contribution >= 0.6 is 11.3 Å². The molecular weight excluding hydrogens is 358 g/mol. The lowest BCUT2D eigenvalue weighted by atomic mass is 10.1. The highest BCUT2D eigenvalue weighted by Crippen LogP contribution is 2.25. The number of sulfone groups is 1. The van der Waals surface area contributed by atoms with Crippen LogP contribution in [-0.4, -0.2) is 43.4 Å². The molecule has 0 unspecified atom stereocenters. The van der Waals surface area contributed by atoms with E-state index in [1.807, 2.05) is 30.5 Å². The second kappa shape index (κ2) is 7.58. The first-order valence-electron chi connectivity index (χ1n) is 8.25. The maximum atomic E-state index is 13.1. The number of ether oxygens (including phenoxy) is 1. The first-order chi connectivity index (χ1) is 12.0. The van der Waals surface area contributed by atoms with Gasteiger partial charge in [-0.3, -0.25) is 4.79 Å². The van der Waals surface area contributed by atoms with Crippen LogP contribution in [0.2, 0.25) is 0 Å². The summed E-state index contributed by atoms with van der Waals surface area (Å²) in [6, 6.07) is 10.7. The molecule has 1 aliphatic heterocycles. The molecule has 3 rings (SSSR count). The van der Waals surface area contributed by atoms with E-state index >= 15 is 0 Å². The van der Waals surface area contributed by atoms with Gasteiger partial charge in [0.05, 0.1) is 24.7 Å². The number of amides is 1. The number of nitrogens with zero attached hydrogens (tertiary/aromatic N) is 1. The van der Waals surface area contributed by atoms with Crippen molar-refractivity contribution in [3.8, 4) is 5.75 Å². The molecule has 0 radical (unpaired) electrons. The molecule has 2 aromatic rings. The molecule has 1 atom stereocenters. The monoisotopic (exact) mass is 379 g/mol. The van der Waals surface area contributed by atoms with E-state index in [4.69, 9.17) is 4.74 Å². The second-order valence-electron chi connectivity index (χ2n) is 6.03. The zero-order valence-corrected chi connectivity index (χ0v) is 15.7. The summed E-state index contributed by atoms with van der Waals surface area (Å²) in [4.78, 5) is 15.8. The van der Waals surface area contributed by atoms with Crippen LogP contribution < -0.4 is 4.74 Å². The van der Waals surface area contributed by atoms with Gasteiger partial charge in [-0.25, -0.2) is 8.42 Å². The van der Waals surface area contributed by atoms with Crippen molar-refractivity contribution in [2.24, 2.45) is 0 Å². The third kappa shape index (κ3) is 4.41. The van der Waals surface area contributed by atoms with Gasteiger partial charge in [-0.1, -0.05) is 12.1 Å². The summed E-state index contributed by atoms with van der Waals surface area (Å²) in [5.41, 5.74) is 0.520. The van der Waals surface area contributed by atoms with E-state index in [0.717, 1.165) is 4.88 Å². The number of rotatable bonds is 6. The van der Waals surface area contributed by atoms with Crippen LogP contribution in [0.1, 0.15) is 28.6 Å². The van der Waals surface area contributed by atoms with E-state index in [2.05, 4.69) is 0 Å². The van der Waals surface area contributed by atoms with Crippen molar-refractivity contribution in [2.45, 2.75) is 25.9 Å². The summed E-state index contributed by atoms with van der Waals surface area (Å²) >= 11 is 1.57. The van der Waals surface area contributed by atoms with Crippen molar-refractivity contribution in [3.05, 3.63) is 52.2 Å². The van der Waals surface area contributed by atoms with Crippen LogP contribution in [0, 0.1) is 0 Å². The average Bonchev–Trinajstić information content (AvgIpc) is 3.22. The summed E-state index contributed by atoms with van der Waals surface area (Å²) in [5, 5.41) is 1.96. The Balaban J connectivity index is 1.87. The molecule has 1 fully saturated rings. The van der Waals surface area contributed by atoms with Gasteiger partial charge >= 0.3 is 0 Å². The summed E-state index contributed by atoms with van der Waals surface area (Å²) < 4.78 is 29.3. The van der Waals surface area contributed by atoms with Gasteiger partial charge in [0, 0.05) is 16.5 Å². The van der Waals surface area contributed by atoms with Crippen LogP contribution in [0.15, 0.2) is 41.8 Å². The maximum Gasteiger partial charge on any atom is 0.254 e. The zero-order chi connectivity index (χ0) is 17.9. The molecule has 1 aromatic carbocycles. The highest BCUT2D eigenvalue weighted by atomic mass is 32.2. The minimum Gasteiger partial charge on any atom is -0.494 e. The van der Waals surface area contributed by atoms with E-state index in [1.165, 1.54) is 0 Å². The predicted octanol–water partition coefficient (Wildman–Crippen LogP) is 2.98. The molecular formula is C18H21NO4S2. The minimum atomic E-state index is -3.07. The quantitative estimate of drug-likeness (QED) is 0.774. The van der Waals surface area contributed by atoms with Crippen molar-refractivity contribution in [2.75, 3.05) is 18.1 Å². The highest BCUT2D eigenvalue weighted by molar-refractivity contribution is 7.91. The fourth-order valence-corrected chi connectivity index (χ4v) is 5.44. The molecule has 0 spiro atoms. The van der Waals surface area contributed by atoms with Crippen LogP contribution in [0.5, 0.6) is 5.75 Å². The molecule has 1 aromatic heterocycles. The topological polar surface area (TPSA) is 63.7 Å². The van der Waals surface area contributed by atoms with Crippen molar-refractivity contribution >= 4 is 27.1 Å². The molecule has 5 nitrogen and oxygen atoms in total. The third-order valence-corrected chi connectivity index (χ3v) is 6.82. The minimum absolute atomic E-state index is 0.0370. The van der Waals surface area contributed by atoms with Crippen molar-refractivity contribution in [3.63, 3.8) is 0 Å². The Bertz CT molecular complexity index is 831. The fourth-order valence-electron chi connectivity index (χ4n) is 3.01.